The van der Waals surface area contributed by atoms with Crippen LogP contribution in [-0.2, 0) is 11.3 Å². The van der Waals surface area contributed by atoms with E-state index in [1.807, 2.05) is 12.1 Å². The molecule has 0 spiro atoms. The van der Waals surface area contributed by atoms with Crippen LogP contribution in [0.2, 0.25) is 10.0 Å². The van der Waals surface area contributed by atoms with Crippen molar-refractivity contribution >= 4 is 23.2 Å². The Bertz CT molecular complexity index is 735. The molecule has 2 heterocycles. The highest BCUT2D eigenvalue weighted by Crippen LogP contribution is 2.30. The molecule has 122 valence electrons. The van der Waals surface area contributed by atoms with Crippen molar-refractivity contribution in [1.29, 1.82) is 0 Å². The largest absolute Gasteiger partial charge is 0.374 e. The summed E-state index contributed by atoms with van der Waals surface area (Å²) in [6.45, 7) is 2.49. The summed E-state index contributed by atoms with van der Waals surface area (Å²) in [7, 11) is 0. The molecule has 7 heteroatoms. The van der Waals surface area contributed by atoms with Gasteiger partial charge in [0.2, 0.25) is 0 Å². The van der Waals surface area contributed by atoms with E-state index in [-0.39, 0.29) is 17.6 Å². The van der Waals surface area contributed by atoms with Crippen LogP contribution < -0.4 is 10.9 Å². The third-order valence-electron chi connectivity index (χ3n) is 3.93. The van der Waals surface area contributed by atoms with Crippen LogP contribution in [0.3, 0.4) is 0 Å². The topological polar surface area (TPSA) is 56.2 Å². The second-order valence-electron chi connectivity index (χ2n) is 5.44. The molecule has 1 N–H and O–H groups in total. The van der Waals surface area contributed by atoms with E-state index in [1.54, 1.807) is 18.3 Å². The molecular formula is C16H17Cl2N3O2. The Morgan fingerprint density at radius 3 is 2.96 bits per heavy atom. The number of halogens is 2. The third-order valence-corrected chi connectivity index (χ3v) is 4.67. The average Bonchev–Trinajstić information content (AvgIpc) is 2.78. The molecule has 2 atom stereocenters. The van der Waals surface area contributed by atoms with Gasteiger partial charge >= 0.3 is 0 Å². The molecule has 1 aliphatic rings. The number of nitrogens with zero attached hydrogens (tertiary/aromatic N) is 2. The standard InChI is InChI=1S/C16H17Cl2N3O2/c17-13-4-3-11(8-14(13)18)12-9-19-6-7-23-15(12)10-21-16(22)2-1-5-20-21/h1-5,8,12,15,19H,6-7,9-10H2/t12-,15+/m0/s1. The normalized spacial score (nSPS) is 21.8. The average molecular weight is 354 g/mol. The lowest BCUT2D eigenvalue weighted by molar-refractivity contribution is 0.0364. The fourth-order valence-corrected chi connectivity index (χ4v) is 3.04. The van der Waals surface area contributed by atoms with Gasteiger partial charge in [0.1, 0.15) is 0 Å². The monoisotopic (exact) mass is 353 g/mol. The Morgan fingerprint density at radius 2 is 2.17 bits per heavy atom. The summed E-state index contributed by atoms with van der Waals surface area (Å²) < 4.78 is 7.39. The van der Waals surface area contributed by atoms with Crippen molar-refractivity contribution in [3.8, 4) is 0 Å². The zero-order valence-corrected chi connectivity index (χ0v) is 13.9. The summed E-state index contributed by atoms with van der Waals surface area (Å²) in [5.74, 6) is 0.0566. The van der Waals surface area contributed by atoms with Crippen molar-refractivity contribution in [2.75, 3.05) is 19.7 Å². The van der Waals surface area contributed by atoms with E-state index in [0.29, 0.717) is 23.2 Å². The summed E-state index contributed by atoms with van der Waals surface area (Å²) in [5, 5.41) is 8.51. The van der Waals surface area contributed by atoms with Crippen molar-refractivity contribution in [1.82, 2.24) is 15.1 Å². The molecule has 5 nitrogen and oxygen atoms in total. The number of benzene rings is 1. The fourth-order valence-electron chi connectivity index (χ4n) is 2.74. The molecule has 0 bridgehead atoms. The minimum absolute atomic E-state index is 0.0566. The predicted molar refractivity (Wildman–Crippen MR) is 90.3 cm³/mol. The molecule has 2 aromatic rings. The van der Waals surface area contributed by atoms with Gasteiger partial charge in [-0.15, -0.1) is 0 Å². The smallest absolute Gasteiger partial charge is 0.266 e. The Morgan fingerprint density at radius 1 is 1.30 bits per heavy atom. The van der Waals surface area contributed by atoms with Crippen LogP contribution in [0.4, 0.5) is 0 Å². The maximum Gasteiger partial charge on any atom is 0.266 e. The molecule has 0 unspecified atom stereocenters. The Kier molecular flexibility index (Phi) is 5.33. The Hall–Kier alpha value is -1.40. The number of rotatable bonds is 3. The first-order valence-corrected chi connectivity index (χ1v) is 8.20. The molecule has 0 aliphatic carbocycles. The third kappa shape index (κ3) is 3.93. The lowest BCUT2D eigenvalue weighted by Gasteiger charge is -2.25. The maximum absolute atomic E-state index is 11.9. The molecule has 0 amide bonds. The summed E-state index contributed by atoms with van der Waals surface area (Å²) in [5.41, 5.74) is 0.893. The number of nitrogens with one attached hydrogen (secondary N) is 1. The van der Waals surface area contributed by atoms with Crippen molar-refractivity contribution < 1.29 is 4.74 Å². The van der Waals surface area contributed by atoms with Crippen molar-refractivity contribution in [3.05, 3.63) is 62.5 Å². The maximum atomic E-state index is 11.9. The highest BCUT2D eigenvalue weighted by molar-refractivity contribution is 6.42. The summed E-state index contributed by atoms with van der Waals surface area (Å²) >= 11 is 12.2. The van der Waals surface area contributed by atoms with Crippen LogP contribution in [0.15, 0.2) is 41.3 Å². The van der Waals surface area contributed by atoms with E-state index in [0.717, 1.165) is 18.7 Å². The first-order chi connectivity index (χ1) is 11.1. The molecule has 1 fully saturated rings. The number of hydrogen-bond acceptors (Lipinski definition) is 4. The molecule has 1 aromatic heterocycles. The molecule has 1 aliphatic heterocycles. The first kappa shape index (κ1) is 16.5. The number of aromatic nitrogens is 2. The molecule has 23 heavy (non-hydrogen) atoms. The van der Waals surface area contributed by atoms with Gasteiger partial charge in [0.25, 0.3) is 5.56 Å². The molecule has 1 aromatic carbocycles. The van der Waals surface area contributed by atoms with Gasteiger partial charge in [0.05, 0.1) is 29.3 Å². The van der Waals surface area contributed by atoms with Crippen molar-refractivity contribution in [2.45, 2.75) is 18.6 Å². The van der Waals surface area contributed by atoms with Gasteiger partial charge in [0.15, 0.2) is 0 Å². The minimum Gasteiger partial charge on any atom is -0.374 e. The predicted octanol–water partition coefficient (Wildman–Crippen LogP) is 2.32. The van der Waals surface area contributed by atoms with Crippen LogP contribution in [0.5, 0.6) is 0 Å². The second kappa shape index (κ2) is 7.45. The van der Waals surface area contributed by atoms with E-state index in [2.05, 4.69) is 10.4 Å². The van der Waals surface area contributed by atoms with Crippen LogP contribution in [-0.4, -0.2) is 35.6 Å². The van der Waals surface area contributed by atoms with Crippen LogP contribution in [0.1, 0.15) is 11.5 Å². The van der Waals surface area contributed by atoms with Gasteiger partial charge in [0, 0.05) is 31.3 Å². The van der Waals surface area contributed by atoms with Gasteiger partial charge in [-0.25, -0.2) is 4.68 Å². The zero-order chi connectivity index (χ0) is 16.2. The summed E-state index contributed by atoms with van der Waals surface area (Å²) in [4.78, 5) is 11.9. The van der Waals surface area contributed by atoms with Gasteiger partial charge in [-0.1, -0.05) is 29.3 Å². The van der Waals surface area contributed by atoms with Crippen LogP contribution >= 0.6 is 23.2 Å². The minimum atomic E-state index is -0.171. The van der Waals surface area contributed by atoms with E-state index in [1.165, 1.54) is 10.7 Å². The van der Waals surface area contributed by atoms with Gasteiger partial charge in [-0.2, -0.15) is 5.10 Å². The highest BCUT2D eigenvalue weighted by Gasteiger charge is 2.27. The molecular weight excluding hydrogens is 337 g/mol. The quantitative estimate of drug-likeness (QED) is 0.919. The first-order valence-electron chi connectivity index (χ1n) is 7.44. The lowest BCUT2D eigenvalue weighted by atomic mass is 9.93. The molecule has 1 saturated heterocycles. The number of hydrogen-bond donors (Lipinski definition) is 1. The highest BCUT2D eigenvalue weighted by atomic mass is 35.5. The zero-order valence-electron chi connectivity index (χ0n) is 12.4. The van der Waals surface area contributed by atoms with Gasteiger partial charge < -0.3 is 10.1 Å². The van der Waals surface area contributed by atoms with Crippen molar-refractivity contribution in [3.63, 3.8) is 0 Å². The van der Waals surface area contributed by atoms with Crippen molar-refractivity contribution in [2.24, 2.45) is 0 Å². The van der Waals surface area contributed by atoms with Gasteiger partial charge in [-0.05, 0) is 23.8 Å². The molecule has 0 radical (unpaired) electrons. The van der Waals surface area contributed by atoms with Crippen LogP contribution in [0, 0.1) is 0 Å². The van der Waals surface area contributed by atoms with Crippen LogP contribution in [0.25, 0.3) is 0 Å². The van der Waals surface area contributed by atoms with E-state index < -0.39 is 0 Å². The summed E-state index contributed by atoms with van der Waals surface area (Å²) in [6.07, 6.45) is 1.43. The Labute approximate surface area is 144 Å². The fraction of sp³-hybridized carbons (Fsp3) is 0.375. The molecule has 0 saturated carbocycles. The lowest BCUT2D eigenvalue weighted by Crippen LogP contribution is -2.35. The summed E-state index contributed by atoms with van der Waals surface area (Å²) in [6, 6.07) is 8.72. The van der Waals surface area contributed by atoms with Gasteiger partial charge in [-0.3, -0.25) is 4.79 Å². The van der Waals surface area contributed by atoms with E-state index in [9.17, 15) is 4.79 Å². The number of ether oxygens (including phenoxy) is 1. The van der Waals surface area contributed by atoms with E-state index in [4.69, 9.17) is 27.9 Å². The second-order valence-corrected chi connectivity index (χ2v) is 6.25. The van der Waals surface area contributed by atoms with E-state index >= 15 is 0 Å². The Balaban J connectivity index is 1.89. The molecule has 3 rings (SSSR count). The SMILES string of the molecule is O=c1cccnn1C[C@H]1OCCNC[C@H]1c1ccc(Cl)c(Cl)c1.